The summed E-state index contributed by atoms with van der Waals surface area (Å²) < 4.78 is 10.8. The number of benzene rings is 4. The number of rotatable bonds is 5. The van der Waals surface area contributed by atoms with Gasteiger partial charge in [0.25, 0.3) is 0 Å². The van der Waals surface area contributed by atoms with Crippen LogP contribution in [0, 0.1) is 20.8 Å². The summed E-state index contributed by atoms with van der Waals surface area (Å²) in [4.78, 5) is 4.73. The summed E-state index contributed by atoms with van der Waals surface area (Å²) in [6.07, 6.45) is 6.03. The molecule has 48 heavy (non-hydrogen) atoms. The highest BCUT2D eigenvalue weighted by molar-refractivity contribution is 6.09. The van der Waals surface area contributed by atoms with Gasteiger partial charge in [-0.1, -0.05) is 77.4 Å². The maximum absolute atomic E-state index is 6.60. The summed E-state index contributed by atoms with van der Waals surface area (Å²) in [5.41, 5.74) is 11.7. The quantitative estimate of drug-likeness (QED) is 0.190. The normalized spacial score (nSPS) is 12.3. The Bertz CT molecular complexity index is 2290. The first-order valence-corrected chi connectivity index (χ1v) is 16.7. The second kappa shape index (κ2) is 11.5. The molecule has 0 spiro atoms. The first-order valence-electron chi connectivity index (χ1n) is 16.7. The van der Waals surface area contributed by atoms with Crippen molar-refractivity contribution in [3.63, 3.8) is 0 Å². The first kappa shape index (κ1) is 31.4. The van der Waals surface area contributed by atoms with Gasteiger partial charge in [-0.3, -0.25) is 4.57 Å². The van der Waals surface area contributed by atoms with E-state index in [1.807, 2.05) is 23.1 Å². The fraction of sp³-hybridized carbons (Fsp3) is 0.256. The van der Waals surface area contributed by atoms with Crippen molar-refractivity contribution in [2.75, 3.05) is 0 Å². The van der Waals surface area contributed by atoms with Crippen molar-refractivity contribution < 1.29 is 4.74 Å². The molecule has 0 bridgehead atoms. The van der Waals surface area contributed by atoms with Gasteiger partial charge in [0.2, 0.25) is 0 Å². The third-order valence-corrected chi connectivity index (χ3v) is 9.08. The fourth-order valence-electron chi connectivity index (χ4n) is 6.83. The van der Waals surface area contributed by atoms with Gasteiger partial charge in [-0.2, -0.15) is 5.10 Å². The molecule has 5 heteroatoms. The van der Waals surface area contributed by atoms with E-state index in [0.717, 1.165) is 50.6 Å². The maximum Gasteiger partial charge on any atom is 0.137 e. The van der Waals surface area contributed by atoms with E-state index >= 15 is 0 Å². The van der Waals surface area contributed by atoms with Crippen molar-refractivity contribution in [1.29, 1.82) is 0 Å². The zero-order valence-electron chi connectivity index (χ0n) is 29.5. The van der Waals surface area contributed by atoms with Gasteiger partial charge in [0, 0.05) is 40.9 Å². The number of ether oxygens (including phenoxy) is 1. The maximum atomic E-state index is 6.60. The van der Waals surface area contributed by atoms with Crippen LogP contribution in [0.1, 0.15) is 69.4 Å². The molecule has 3 heterocycles. The molecule has 0 saturated heterocycles. The van der Waals surface area contributed by atoms with Crippen molar-refractivity contribution in [2.45, 2.75) is 73.1 Å². The van der Waals surface area contributed by atoms with E-state index in [2.05, 4.69) is 152 Å². The third-order valence-electron chi connectivity index (χ3n) is 9.08. The smallest absolute Gasteiger partial charge is 0.137 e. The minimum Gasteiger partial charge on any atom is -0.457 e. The van der Waals surface area contributed by atoms with Crippen LogP contribution in [0.15, 0.2) is 104 Å². The molecule has 5 nitrogen and oxygen atoms in total. The summed E-state index contributed by atoms with van der Waals surface area (Å²) in [6.45, 7) is 20.1. The minimum absolute atomic E-state index is 0.0178. The zero-order valence-corrected chi connectivity index (χ0v) is 29.5. The van der Waals surface area contributed by atoms with Gasteiger partial charge >= 0.3 is 0 Å². The highest BCUT2D eigenvalue weighted by Gasteiger charge is 2.28. The molecule has 0 aliphatic rings. The van der Waals surface area contributed by atoms with Crippen molar-refractivity contribution in [1.82, 2.24) is 19.3 Å². The molecule has 0 aliphatic heterocycles. The summed E-state index contributed by atoms with van der Waals surface area (Å²) in [5, 5.41) is 7.24. The van der Waals surface area contributed by atoms with Crippen LogP contribution >= 0.6 is 0 Å². The average molecular weight is 633 g/mol. The molecule has 0 radical (unpaired) electrons. The summed E-state index contributed by atoms with van der Waals surface area (Å²) in [7, 11) is 0. The van der Waals surface area contributed by atoms with E-state index in [-0.39, 0.29) is 10.8 Å². The molecule has 0 atom stereocenters. The number of para-hydroxylation sites is 1. The zero-order chi connectivity index (χ0) is 34.0. The highest BCUT2D eigenvalue weighted by Crippen LogP contribution is 2.42. The number of aryl methyl sites for hydroxylation is 3. The van der Waals surface area contributed by atoms with Crippen LogP contribution in [0.4, 0.5) is 0 Å². The molecule has 3 aromatic heterocycles. The third kappa shape index (κ3) is 5.79. The van der Waals surface area contributed by atoms with Gasteiger partial charge in [0.1, 0.15) is 17.3 Å². The molecule has 242 valence electrons. The van der Waals surface area contributed by atoms with Crippen LogP contribution in [-0.4, -0.2) is 19.3 Å². The Hall–Kier alpha value is -5.16. The molecule has 7 rings (SSSR count). The van der Waals surface area contributed by atoms with Crippen molar-refractivity contribution in [3.05, 3.63) is 131 Å². The highest BCUT2D eigenvalue weighted by atomic mass is 16.5. The number of hydrogen-bond acceptors (Lipinski definition) is 3. The van der Waals surface area contributed by atoms with E-state index in [1.165, 1.54) is 33.2 Å². The van der Waals surface area contributed by atoms with E-state index in [1.54, 1.807) is 0 Å². The Labute approximate surface area is 283 Å². The second-order valence-electron chi connectivity index (χ2n) is 15.2. The lowest BCUT2D eigenvalue weighted by Gasteiger charge is -2.30. The molecule has 0 N–H and O–H groups in total. The summed E-state index contributed by atoms with van der Waals surface area (Å²) >= 11 is 0. The van der Waals surface area contributed by atoms with Gasteiger partial charge < -0.3 is 4.74 Å². The van der Waals surface area contributed by atoms with Crippen LogP contribution in [-0.2, 0) is 10.8 Å². The van der Waals surface area contributed by atoms with Gasteiger partial charge in [-0.25, -0.2) is 9.67 Å². The Morgan fingerprint density at radius 3 is 2.02 bits per heavy atom. The van der Waals surface area contributed by atoms with E-state index in [4.69, 9.17) is 14.8 Å². The minimum atomic E-state index is -0.0178. The number of nitrogens with zero attached hydrogens (tertiary/aromatic N) is 4. The molecule has 0 saturated carbocycles. The molecule has 7 aromatic rings. The molecule has 0 amide bonds. The van der Waals surface area contributed by atoms with Gasteiger partial charge in [0.05, 0.1) is 22.9 Å². The van der Waals surface area contributed by atoms with Crippen LogP contribution in [0.25, 0.3) is 44.4 Å². The average Bonchev–Trinajstić information content (AvgIpc) is 3.63. The largest absolute Gasteiger partial charge is 0.457 e. The fourth-order valence-corrected chi connectivity index (χ4v) is 6.83. The lowest BCUT2D eigenvalue weighted by atomic mass is 9.74. The molecule has 4 aromatic carbocycles. The summed E-state index contributed by atoms with van der Waals surface area (Å²) in [6, 6.07) is 29.9. The Morgan fingerprint density at radius 2 is 1.31 bits per heavy atom. The van der Waals surface area contributed by atoms with Crippen LogP contribution < -0.4 is 4.74 Å². The van der Waals surface area contributed by atoms with E-state index < -0.39 is 0 Å². The number of fused-ring (bicyclic) bond motifs is 3. The number of pyridine rings is 1. The predicted octanol–water partition coefficient (Wildman–Crippen LogP) is 11.3. The Morgan fingerprint density at radius 1 is 0.625 bits per heavy atom. The molecular formula is C43H44N4O. The van der Waals surface area contributed by atoms with Gasteiger partial charge in [-0.05, 0) is 102 Å². The van der Waals surface area contributed by atoms with Crippen LogP contribution in [0.5, 0.6) is 11.5 Å². The van der Waals surface area contributed by atoms with Crippen molar-refractivity contribution in [3.8, 4) is 34.1 Å². The SMILES string of the molecule is Cc1cc(Oc2ccc3c4ccccc4n(-c4cc(C)ccn4)c3c2)cc(-n2cc(-c3c(C(C)(C)C)cc(C)cc3C(C)(C)C)cn2)c1. The van der Waals surface area contributed by atoms with E-state index in [9.17, 15) is 0 Å². The summed E-state index contributed by atoms with van der Waals surface area (Å²) in [5.74, 6) is 2.42. The molecular weight excluding hydrogens is 589 g/mol. The van der Waals surface area contributed by atoms with Crippen LogP contribution in [0.3, 0.4) is 0 Å². The number of hydrogen-bond donors (Lipinski definition) is 0. The standard InChI is InChI=1S/C43H44N4O/c1-27-16-17-44-40(22-27)47-38-13-11-10-12-34(38)35-15-14-32(24-39(35)47)48-33-19-28(2)18-31(23-33)46-26-30(25-45-46)41-36(42(4,5)6)20-29(3)21-37(41)43(7,8)9/h10-26H,1-9H3. The first-order chi connectivity index (χ1) is 22.8. The molecule has 0 unspecified atom stereocenters. The lowest BCUT2D eigenvalue weighted by molar-refractivity contribution is 0.482. The molecule has 0 fully saturated rings. The number of aromatic nitrogens is 4. The van der Waals surface area contributed by atoms with Gasteiger partial charge in [0.15, 0.2) is 0 Å². The topological polar surface area (TPSA) is 44.9 Å². The van der Waals surface area contributed by atoms with Crippen LogP contribution in [0.2, 0.25) is 0 Å². The van der Waals surface area contributed by atoms with Crippen molar-refractivity contribution in [2.24, 2.45) is 0 Å². The molecule has 0 aliphatic carbocycles. The lowest BCUT2D eigenvalue weighted by Crippen LogP contribution is -2.19. The monoisotopic (exact) mass is 632 g/mol. The predicted molar refractivity (Wildman–Crippen MR) is 199 cm³/mol. The van der Waals surface area contributed by atoms with E-state index in [0.29, 0.717) is 0 Å². The van der Waals surface area contributed by atoms with Crippen molar-refractivity contribution >= 4 is 21.8 Å². The Kier molecular flexibility index (Phi) is 7.54. The van der Waals surface area contributed by atoms with Gasteiger partial charge in [-0.15, -0.1) is 0 Å². The second-order valence-corrected chi connectivity index (χ2v) is 15.2. The Balaban J connectivity index is 1.29.